The van der Waals surface area contributed by atoms with E-state index in [2.05, 4.69) is 10.6 Å². The maximum atomic E-state index is 10.8. The summed E-state index contributed by atoms with van der Waals surface area (Å²) in [6.07, 6.45) is 1.27. The number of carbonyl (C=O) groups excluding carboxylic acids is 2. The molecule has 0 rings (SSSR count). The van der Waals surface area contributed by atoms with Crippen molar-refractivity contribution >= 4 is 33.0 Å². The first kappa shape index (κ1) is 12.7. The van der Waals surface area contributed by atoms with Crippen LogP contribution in [0, 0.1) is 0 Å². The first-order valence-corrected chi connectivity index (χ1v) is 8.36. The molecule has 0 unspecified atom stereocenters. The van der Waals surface area contributed by atoms with Crippen molar-refractivity contribution in [2.75, 3.05) is 14.1 Å². The third kappa shape index (κ3) is 8.08. The molecule has 0 heterocycles. The van der Waals surface area contributed by atoms with Crippen LogP contribution in [0.1, 0.15) is 12.8 Å². The molecule has 2 N–H and O–H groups in total. The molecule has 0 aliphatic carbocycles. The van der Waals surface area contributed by atoms with E-state index in [1.165, 1.54) is 0 Å². The number of amides is 2. The van der Waals surface area contributed by atoms with Crippen molar-refractivity contribution in [3.05, 3.63) is 0 Å². The Morgan fingerprint density at radius 1 is 1.00 bits per heavy atom. The second-order valence-electron chi connectivity index (χ2n) is 2.60. The van der Waals surface area contributed by atoms with Gasteiger partial charge in [-0.25, -0.2) is 0 Å². The molecule has 0 aliphatic rings. The van der Waals surface area contributed by atoms with Gasteiger partial charge in [-0.3, -0.25) is 0 Å². The molecule has 0 aromatic carbocycles. The molecule has 0 aromatic rings. The summed E-state index contributed by atoms with van der Waals surface area (Å²) in [5.74, 6) is 0.224. The van der Waals surface area contributed by atoms with Gasteiger partial charge in [-0.1, -0.05) is 0 Å². The van der Waals surface area contributed by atoms with Gasteiger partial charge in [0.1, 0.15) is 0 Å². The summed E-state index contributed by atoms with van der Waals surface area (Å²) in [7, 11) is 3.30. The first-order chi connectivity index (χ1) is 6.20. The van der Waals surface area contributed by atoms with Crippen molar-refractivity contribution in [2.45, 2.75) is 21.7 Å². The van der Waals surface area contributed by atoms with Crippen LogP contribution in [0.5, 0.6) is 0 Å². The van der Waals surface area contributed by atoms with E-state index in [9.17, 15) is 9.59 Å². The molecule has 0 saturated carbocycles. The molecule has 2 amide bonds. The Morgan fingerprint density at radius 3 is 1.69 bits per heavy atom. The molecule has 5 heteroatoms. The van der Waals surface area contributed by atoms with Crippen molar-refractivity contribution < 1.29 is 9.59 Å². The predicted octanol–water partition coefficient (Wildman–Crippen LogP) is -0.201. The molecule has 2 radical (unpaired) electrons. The van der Waals surface area contributed by atoms with Gasteiger partial charge in [0.25, 0.3) is 0 Å². The molecule has 0 saturated heterocycles. The summed E-state index contributed by atoms with van der Waals surface area (Å²) in [5.41, 5.74) is 0. The van der Waals surface area contributed by atoms with Gasteiger partial charge >= 0.3 is 89.0 Å². The minimum absolute atomic E-state index is 0.112. The molecular weight excluding hydrogens is 275 g/mol. The third-order valence-electron chi connectivity index (χ3n) is 1.62. The van der Waals surface area contributed by atoms with Gasteiger partial charge < -0.3 is 0 Å². The zero-order valence-corrected chi connectivity index (χ0v) is 11.0. The van der Waals surface area contributed by atoms with E-state index in [4.69, 9.17) is 0 Å². The van der Waals surface area contributed by atoms with E-state index in [1.807, 2.05) is 0 Å². The minimum atomic E-state index is -0.471. The van der Waals surface area contributed by atoms with Crippen LogP contribution in [-0.2, 0) is 9.59 Å². The number of nitrogens with one attached hydrogen (secondary N) is 2. The van der Waals surface area contributed by atoms with Gasteiger partial charge in [0, 0.05) is 0 Å². The van der Waals surface area contributed by atoms with Crippen LogP contribution in [0.15, 0.2) is 0 Å². The third-order valence-corrected chi connectivity index (χ3v) is 5.06. The summed E-state index contributed by atoms with van der Waals surface area (Å²) in [5, 5.41) is 5.17. The Morgan fingerprint density at radius 2 is 1.38 bits per heavy atom. The topological polar surface area (TPSA) is 58.2 Å². The van der Waals surface area contributed by atoms with Crippen molar-refractivity contribution in [1.29, 1.82) is 0 Å². The fourth-order valence-electron chi connectivity index (χ4n) is 0.779. The molecule has 4 nitrogen and oxygen atoms in total. The summed E-state index contributed by atoms with van der Waals surface area (Å²) < 4.78 is 2.06. The fourth-order valence-corrected chi connectivity index (χ4v) is 3.80. The van der Waals surface area contributed by atoms with Crippen LogP contribution in [0.4, 0.5) is 0 Å². The number of hydrogen-bond acceptors (Lipinski definition) is 2. The van der Waals surface area contributed by atoms with Gasteiger partial charge in [0.15, 0.2) is 0 Å². The Labute approximate surface area is 89.1 Å². The summed E-state index contributed by atoms with van der Waals surface area (Å²) in [4.78, 5) is 21.6. The van der Waals surface area contributed by atoms with Gasteiger partial charge in [-0.2, -0.15) is 0 Å². The molecule has 0 spiro atoms. The normalized spacial score (nSPS) is 9.38. The van der Waals surface area contributed by atoms with Gasteiger partial charge in [-0.15, -0.1) is 0 Å². The van der Waals surface area contributed by atoms with Crippen molar-refractivity contribution in [2.24, 2.45) is 0 Å². The van der Waals surface area contributed by atoms with E-state index < -0.39 is 21.1 Å². The quantitative estimate of drug-likeness (QED) is 0.526. The molecule has 0 aliphatic heterocycles. The number of carbonyl (C=O) groups is 2. The Hall–Kier alpha value is -0.261. The zero-order chi connectivity index (χ0) is 10.1. The van der Waals surface area contributed by atoms with Gasteiger partial charge in [0.05, 0.1) is 0 Å². The second-order valence-corrected chi connectivity index (χ2v) is 6.88. The van der Waals surface area contributed by atoms with Crippen LogP contribution in [0.3, 0.4) is 0 Å². The van der Waals surface area contributed by atoms with Crippen LogP contribution < -0.4 is 10.6 Å². The molecule has 0 aromatic heterocycles. The van der Waals surface area contributed by atoms with Crippen LogP contribution >= 0.6 is 0 Å². The molecule has 0 atom stereocenters. The molecule has 74 valence electrons. The Bertz CT molecular complexity index is 156. The van der Waals surface area contributed by atoms with E-state index in [1.54, 1.807) is 14.1 Å². The zero-order valence-electron chi connectivity index (χ0n) is 8.14. The van der Waals surface area contributed by atoms with E-state index in [0.717, 1.165) is 8.87 Å². The molecule has 0 fully saturated rings. The summed E-state index contributed by atoms with van der Waals surface area (Å²) in [6.45, 7) is 0. The Balaban J connectivity index is 3.17. The van der Waals surface area contributed by atoms with E-state index in [-0.39, 0.29) is 11.8 Å². The standard InChI is InChI=1S/2C4H8NO.Sn/c2*1-3-4(6)5-2;/h2*1,3H2,2H3,(H,5,6);. The summed E-state index contributed by atoms with van der Waals surface area (Å²) >= 11 is -0.471. The van der Waals surface area contributed by atoms with Crippen molar-refractivity contribution in [1.82, 2.24) is 10.6 Å². The SMILES string of the molecule is CNC(=O)C[CH2][Sn][CH2]CC(=O)NC. The Kier molecular flexibility index (Phi) is 8.17. The first-order valence-electron chi connectivity index (χ1n) is 4.32. The monoisotopic (exact) mass is 292 g/mol. The predicted molar refractivity (Wildman–Crippen MR) is 52.7 cm³/mol. The molecular formula is C8H16N2O2Sn. The van der Waals surface area contributed by atoms with Gasteiger partial charge in [-0.05, 0) is 0 Å². The molecule has 0 bridgehead atoms. The van der Waals surface area contributed by atoms with Gasteiger partial charge in [0.2, 0.25) is 0 Å². The maximum absolute atomic E-state index is 10.8. The van der Waals surface area contributed by atoms with Crippen LogP contribution in [0.2, 0.25) is 8.87 Å². The fraction of sp³-hybridized carbons (Fsp3) is 0.750. The van der Waals surface area contributed by atoms with Crippen LogP contribution in [0.25, 0.3) is 0 Å². The number of rotatable bonds is 6. The van der Waals surface area contributed by atoms with Crippen molar-refractivity contribution in [3.63, 3.8) is 0 Å². The number of hydrogen-bond donors (Lipinski definition) is 2. The average Bonchev–Trinajstić information content (AvgIpc) is 2.16. The van der Waals surface area contributed by atoms with E-state index >= 15 is 0 Å². The second kappa shape index (κ2) is 8.34. The summed E-state index contributed by atoms with van der Waals surface area (Å²) in [6, 6.07) is 0. The van der Waals surface area contributed by atoms with Crippen LogP contribution in [-0.4, -0.2) is 47.1 Å². The van der Waals surface area contributed by atoms with Crippen molar-refractivity contribution in [3.8, 4) is 0 Å². The van der Waals surface area contributed by atoms with E-state index in [0.29, 0.717) is 12.8 Å². The molecule has 13 heavy (non-hydrogen) atoms. The average molecular weight is 291 g/mol.